The summed E-state index contributed by atoms with van der Waals surface area (Å²) in [7, 11) is -3.40. The predicted molar refractivity (Wildman–Crippen MR) is 124 cm³/mol. The molecule has 1 saturated heterocycles. The summed E-state index contributed by atoms with van der Waals surface area (Å²) in [5.41, 5.74) is 1.03. The van der Waals surface area contributed by atoms with Crippen LogP contribution in [0.4, 0.5) is 0 Å². The fraction of sp³-hybridized carbons (Fsp3) is 0.522. The van der Waals surface area contributed by atoms with Gasteiger partial charge in [-0.15, -0.1) is 11.3 Å². The third-order valence-electron chi connectivity index (χ3n) is 5.87. The second kappa shape index (κ2) is 11.1. The number of hydrogen-bond donors (Lipinski definition) is 1. The quantitative estimate of drug-likeness (QED) is 0.533. The van der Waals surface area contributed by atoms with Gasteiger partial charge in [0.15, 0.2) is 0 Å². The zero-order valence-electron chi connectivity index (χ0n) is 18.2. The minimum absolute atomic E-state index is 0.0165. The maximum absolute atomic E-state index is 12.7. The predicted octanol–water partition coefficient (Wildman–Crippen LogP) is 4.28. The van der Waals surface area contributed by atoms with Crippen LogP contribution in [0, 0.1) is 11.8 Å². The molecule has 31 heavy (non-hydrogen) atoms. The summed E-state index contributed by atoms with van der Waals surface area (Å²) in [6.45, 7) is 6.19. The molecular formula is C23H32N2O4S2. The van der Waals surface area contributed by atoms with E-state index in [9.17, 15) is 13.2 Å². The topological polar surface area (TPSA) is 75.7 Å². The highest BCUT2D eigenvalue weighted by atomic mass is 32.2. The van der Waals surface area contributed by atoms with Gasteiger partial charge in [-0.05, 0) is 54.3 Å². The molecule has 1 aromatic carbocycles. The van der Waals surface area contributed by atoms with E-state index in [0.717, 1.165) is 30.8 Å². The Morgan fingerprint density at radius 1 is 1.23 bits per heavy atom. The summed E-state index contributed by atoms with van der Waals surface area (Å²) in [6, 6.07) is 11.2. The number of sulfonamides is 1. The van der Waals surface area contributed by atoms with Gasteiger partial charge >= 0.3 is 0 Å². The molecule has 1 amide bonds. The lowest BCUT2D eigenvalue weighted by Crippen LogP contribution is -2.42. The van der Waals surface area contributed by atoms with Crippen molar-refractivity contribution >= 4 is 27.3 Å². The molecule has 1 aliphatic heterocycles. The van der Waals surface area contributed by atoms with Crippen LogP contribution < -0.4 is 10.1 Å². The Balaban J connectivity index is 1.44. The van der Waals surface area contributed by atoms with Crippen LogP contribution in [-0.2, 0) is 21.4 Å². The average Bonchev–Trinajstić information content (AvgIpc) is 3.34. The van der Waals surface area contributed by atoms with E-state index in [0.29, 0.717) is 36.7 Å². The molecule has 0 bridgehead atoms. The molecule has 1 atom stereocenters. The Kier molecular flexibility index (Phi) is 8.51. The van der Waals surface area contributed by atoms with Crippen molar-refractivity contribution in [1.29, 1.82) is 0 Å². The Hall–Kier alpha value is -1.90. The molecule has 1 N–H and O–H groups in total. The first-order valence-electron chi connectivity index (χ1n) is 10.9. The second-order valence-corrected chi connectivity index (χ2v) is 11.1. The van der Waals surface area contributed by atoms with Gasteiger partial charge in [-0.1, -0.05) is 38.5 Å². The molecule has 6 nitrogen and oxygen atoms in total. The van der Waals surface area contributed by atoms with E-state index in [1.54, 1.807) is 21.8 Å². The van der Waals surface area contributed by atoms with Gasteiger partial charge in [0.1, 0.15) is 9.96 Å². The first-order valence-corrected chi connectivity index (χ1v) is 13.3. The number of rotatable bonds is 10. The lowest BCUT2D eigenvalue weighted by atomic mass is 9.85. The molecule has 3 rings (SSSR count). The van der Waals surface area contributed by atoms with Crippen LogP contribution in [0.25, 0.3) is 0 Å². The minimum atomic E-state index is -3.40. The van der Waals surface area contributed by atoms with Crippen LogP contribution in [0.2, 0.25) is 0 Å². The van der Waals surface area contributed by atoms with Crippen molar-refractivity contribution in [1.82, 2.24) is 9.62 Å². The second-order valence-electron chi connectivity index (χ2n) is 8.03. The molecule has 0 spiro atoms. The summed E-state index contributed by atoms with van der Waals surface area (Å²) < 4.78 is 32.9. The van der Waals surface area contributed by atoms with E-state index in [-0.39, 0.29) is 17.7 Å². The van der Waals surface area contributed by atoms with E-state index in [4.69, 9.17) is 4.74 Å². The van der Waals surface area contributed by atoms with Gasteiger partial charge in [-0.2, -0.15) is 4.31 Å². The van der Waals surface area contributed by atoms with Crippen molar-refractivity contribution in [3.63, 3.8) is 0 Å². The summed E-state index contributed by atoms with van der Waals surface area (Å²) in [4.78, 5) is 12.7. The highest BCUT2D eigenvalue weighted by molar-refractivity contribution is 7.91. The number of amides is 1. The number of nitrogens with zero attached hydrogens (tertiary/aromatic N) is 1. The number of ether oxygens (including phenoxy) is 1. The molecule has 2 aromatic rings. The number of thiophene rings is 1. The fourth-order valence-electron chi connectivity index (χ4n) is 3.76. The number of carbonyl (C=O) groups is 1. The number of carbonyl (C=O) groups excluding carboxylic acids is 1. The third-order valence-corrected chi connectivity index (χ3v) is 9.14. The molecule has 0 radical (unpaired) electrons. The first kappa shape index (κ1) is 23.8. The van der Waals surface area contributed by atoms with Gasteiger partial charge in [-0.3, -0.25) is 4.79 Å². The molecule has 1 fully saturated rings. The SMILES string of the molecule is CCCCOc1ccc(CNC(=O)C(C)C2CCN(S(=O)(=O)c3cccs3)CC2)cc1. The van der Waals surface area contributed by atoms with Crippen molar-refractivity contribution in [3.05, 3.63) is 47.3 Å². The largest absolute Gasteiger partial charge is 0.494 e. The van der Waals surface area contributed by atoms with Crippen molar-refractivity contribution in [2.45, 2.75) is 50.3 Å². The molecule has 170 valence electrons. The molecule has 2 heterocycles. The lowest BCUT2D eigenvalue weighted by Gasteiger charge is -2.33. The summed E-state index contributed by atoms with van der Waals surface area (Å²) >= 11 is 1.24. The van der Waals surface area contributed by atoms with Crippen molar-refractivity contribution in [2.75, 3.05) is 19.7 Å². The number of hydrogen-bond acceptors (Lipinski definition) is 5. The van der Waals surface area contributed by atoms with Gasteiger partial charge in [-0.25, -0.2) is 8.42 Å². The number of unbranched alkanes of at least 4 members (excludes halogenated alkanes) is 1. The fourth-order valence-corrected chi connectivity index (χ4v) is 6.37. The van der Waals surface area contributed by atoms with Crippen LogP contribution in [0.15, 0.2) is 46.0 Å². The number of nitrogens with one attached hydrogen (secondary N) is 1. The zero-order valence-corrected chi connectivity index (χ0v) is 19.9. The lowest BCUT2D eigenvalue weighted by molar-refractivity contribution is -0.126. The third kappa shape index (κ3) is 6.30. The Bertz CT molecular complexity index is 919. The maximum atomic E-state index is 12.7. The summed E-state index contributed by atoms with van der Waals surface area (Å²) in [6.07, 6.45) is 3.53. The zero-order chi connectivity index (χ0) is 22.3. The average molecular weight is 465 g/mol. The summed E-state index contributed by atoms with van der Waals surface area (Å²) in [5, 5.41) is 4.80. The van der Waals surface area contributed by atoms with Crippen molar-refractivity contribution in [2.24, 2.45) is 11.8 Å². The van der Waals surface area contributed by atoms with Crippen LogP contribution >= 0.6 is 11.3 Å². The Morgan fingerprint density at radius 2 is 1.94 bits per heavy atom. The number of benzene rings is 1. The molecule has 8 heteroatoms. The van der Waals surface area contributed by atoms with Gasteiger partial charge in [0.05, 0.1) is 6.61 Å². The Labute approximate surface area is 189 Å². The molecule has 1 unspecified atom stereocenters. The molecular weight excluding hydrogens is 432 g/mol. The van der Waals surface area contributed by atoms with Gasteiger partial charge in [0.2, 0.25) is 5.91 Å². The highest BCUT2D eigenvalue weighted by Gasteiger charge is 2.33. The molecule has 1 aromatic heterocycles. The first-order chi connectivity index (χ1) is 14.9. The molecule has 0 saturated carbocycles. The van der Waals surface area contributed by atoms with E-state index in [2.05, 4.69) is 12.2 Å². The smallest absolute Gasteiger partial charge is 0.252 e. The van der Waals surface area contributed by atoms with Crippen LogP contribution in [0.5, 0.6) is 5.75 Å². The molecule has 0 aliphatic carbocycles. The standard InChI is InChI=1S/C23H32N2O4S2/c1-3-4-15-29-21-9-7-19(8-10-21)17-24-23(26)18(2)20-11-13-25(14-12-20)31(27,28)22-6-5-16-30-22/h5-10,16,18,20H,3-4,11-15,17H2,1-2H3,(H,24,26). The van der Waals surface area contributed by atoms with Gasteiger partial charge in [0.25, 0.3) is 10.0 Å². The van der Waals surface area contributed by atoms with Gasteiger partial charge in [0, 0.05) is 25.6 Å². The molecule has 1 aliphatic rings. The van der Waals surface area contributed by atoms with Crippen LogP contribution in [0.1, 0.15) is 45.1 Å². The Morgan fingerprint density at radius 3 is 2.55 bits per heavy atom. The number of piperidine rings is 1. The van der Waals surface area contributed by atoms with Crippen molar-refractivity contribution < 1.29 is 17.9 Å². The summed E-state index contributed by atoms with van der Waals surface area (Å²) in [5.74, 6) is 0.899. The van der Waals surface area contributed by atoms with Gasteiger partial charge < -0.3 is 10.1 Å². The monoisotopic (exact) mass is 464 g/mol. The normalized spacial score (nSPS) is 16.7. The van der Waals surface area contributed by atoms with E-state index >= 15 is 0 Å². The maximum Gasteiger partial charge on any atom is 0.252 e. The van der Waals surface area contributed by atoms with Crippen LogP contribution in [-0.4, -0.2) is 38.3 Å². The van der Waals surface area contributed by atoms with Crippen molar-refractivity contribution in [3.8, 4) is 5.75 Å². The minimum Gasteiger partial charge on any atom is -0.494 e. The van der Waals surface area contributed by atoms with E-state index in [1.165, 1.54) is 11.3 Å². The highest BCUT2D eigenvalue weighted by Crippen LogP contribution is 2.30. The van der Waals surface area contributed by atoms with E-state index < -0.39 is 10.0 Å². The van der Waals surface area contributed by atoms with Crippen LogP contribution in [0.3, 0.4) is 0 Å². The van der Waals surface area contributed by atoms with E-state index in [1.807, 2.05) is 31.2 Å².